The van der Waals surface area contributed by atoms with Crippen molar-refractivity contribution in [3.8, 4) is 0 Å². The minimum atomic E-state index is -2.86. The van der Waals surface area contributed by atoms with Crippen LogP contribution in [0.25, 0.3) is 0 Å². The van der Waals surface area contributed by atoms with Crippen LogP contribution in [-0.4, -0.2) is 16.1 Å². The minimum Gasteiger partial charge on any atom is -0.476 e. The first kappa shape index (κ1) is 11.6. The minimum absolute atomic E-state index is 0.138. The van der Waals surface area contributed by atoms with E-state index in [0.29, 0.717) is 0 Å². The molecule has 1 heterocycles. The maximum Gasteiger partial charge on any atom is 0.356 e. The van der Waals surface area contributed by atoms with Crippen molar-refractivity contribution in [3.63, 3.8) is 0 Å². The second-order valence-electron chi connectivity index (χ2n) is 2.71. The SMILES string of the molecule is Nc1c(CCl)cc(C(F)F)nc1C(=O)O. The molecular formula is C8H7ClF2N2O2. The number of carbonyl (C=O) groups is 1. The van der Waals surface area contributed by atoms with Gasteiger partial charge in [0.2, 0.25) is 0 Å². The van der Waals surface area contributed by atoms with Crippen molar-refractivity contribution < 1.29 is 18.7 Å². The number of nitrogen functional groups attached to an aromatic ring is 1. The summed E-state index contributed by atoms with van der Waals surface area (Å²) in [4.78, 5) is 13.9. The molecule has 0 aliphatic carbocycles. The number of alkyl halides is 3. The molecule has 0 aromatic carbocycles. The van der Waals surface area contributed by atoms with Gasteiger partial charge < -0.3 is 10.8 Å². The van der Waals surface area contributed by atoms with Gasteiger partial charge >= 0.3 is 5.97 Å². The van der Waals surface area contributed by atoms with Crippen LogP contribution in [0.5, 0.6) is 0 Å². The molecule has 0 fully saturated rings. The van der Waals surface area contributed by atoms with Crippen LogP contribution >= 0.6 is 11.6 Å². The molecular weight excluding hydrogens is 230 g/mol. The zero-order valence-electron chi connectivity index (χ0n) is 7.38. The van der Waals surface area contributed by atoms with Gasteiger partial charge in [-0.05, 0) is 11.6 Å². The summed E-state index contributed by atoms with van der Waals surface area (Å²) in [7, 11) is 0. The Balaban J connectivity index is 3.38. The summed E-state index contributed by atoms with van der Waals surface area (Å²) in [5, 5.41) is 8.66. The molecule has 7 heteroatoms. The molecule has 0 radical (unpaired) electrons. The lowest BCUT2D eigenvalue weighted by Crippen LogP contribution is -2.10. The number of hydrogen-bond donors (Lipinski definition) is 2. The van der Waals surface area contributed by atoms with Crippen LogP contribution in [0.3, 0.4) is 0 Å². The Bertz CT molecular complexity index is 398. The van der Waals surface area contributed by atoms with E-state index in [4.69, 9.17) is 22.4 Å². The van der Waals surface area contributed by atoms with Gasteiger partial charge in [0.15, 0.2) is 5.69 Å². The van der Waals surface area contributed by atoms with Gasteiger partial charge in [0.1, 0.15) is 5.69 Å². The number of rotatable bonds is 3. The van der Waals surface area contributed by atoms with Crippen molar-refractivity contribution in [2.24, 2.45) is 0 Å². The Morgan fingerprint density at radius 1 is 1.67 bits per heavy atom. The Morgan fingerprint density at radius 3 is 2.67 bits per heavy atom. The van der Waals surface area contributed by atoms with E-state index in [1.165, 1.54) is 0 Å². The monoisotopic (exact) mass is 236 g/mol. The number of anilines is 1. The van der Waals surface area contributed by atoms with Crippen LogP contribution in [0.2, 0.25) is 0 Å². The van der Waals surface area contributed by atoms with Crippen LogP contribution in [-0.2, 0) is 5.88 Å². The van der Waals surface area contributed by atoms with E-state index in [1.54, 1.807) is 0 Å². The maximum atomic E-state index is 12.3. The summed E-state index contributed by atoms with van der Waals surface area (Å²) in [6, 6.07) is 0.999. The fourth-order valence-corrected chi connectivity index (χ4v) is 1.24. The molecule has 0 atom stereocenters. The van der Waals surface area contributed by atoms with Crippen molar-refractivity contribution in [2.45, 2.75) is 12.3 Å². The summed E-state index contributed by atoms with van der Waals surface area (Å²) in [5.41, 5.74) is 4.12. The van der Waals surface area contributed by atoms with E-state index in [-0.39, 0.29) is 17.1 Å². The molecule has 0 saturated carbocycles. The number of hydrogen-bond acceptors (Lipinski definition) is 3. The Labute approximate surface area is 88.7 Å². The van der Waals surface area contributed by atoms with Crippen molar-refractivity contribution in [3.05, 3.63) is 23.0 Å². The third-order valence-electron chi connectivity index (χ3n) is 1.73. The molecule has 3 N–H and O–H groups in total. The molecule has 1 aromatic heterocycles. The van der Waals surface area contributed by atoms with Gasteiger partial charge in [-0.3, -0.25) is 0 Å². The summed E-state index contributed by atoms with van der Waals surface area (Å²) in [6.07, 6.45) is -2.86. The molecule has 0 spiro atoms. The van der Waals surface area contributed by atoms with Crippen LogP contribution in [0.4, 0.5) is 14.5 Å². The van der Waals surface area contributed by atoms with Gasteiger partial charge in [-0.1, -0.05) is 0 Å². The largest absolute Gasteiger partial charge is 0.476 e. The third-order valence-corrected chi connectivity index (χ3v) is 2.02. The fourth-order valence-electron chi connectivity index (χ4n) is 1.02. The number of nitrogens with zero attached hydrogens (tertiary/aromatic N) is 1. The molecule has 0 bridgehead atoms. The second kappa shape index (κ2) is 4.39. The molecule has 1 aromatic rings. The molecule has 0 aliphatic heterocycles. The van der Waals surface area contributed by atoms with Gasteiger partial charge in [-0.2, -0.15) is 0 Å². The number of aromatic nitrogens is 1. The van der Waals surface area contributed by atoms with Crippen LogP contribution in [0.15, 0.2) is 6.07 Å². The molecule has 82 valence electrons. The molecule has 0 amide bonds. The standard InChI is InChI=1S/C8H7ClF2N2O2/c9-2-3-1-4(7(10)11)13-6(5(3)12)8(14)15/h1,7H,2,12H2,(H,14,15). The average Bonchev–Trinajstić information content (AvgIpc) is 2.17. The predicted molar refractivity (Wildman–Crippen MR) is 50.1 cm³/mol. The zero-order chi connectivity index (χ0) is 11.6. The summed E-state index contributed by atoms with van der Waals surface area (Å²) in [6.45, 7) is 0. The van der Waals surface area contributed by atoms with E-state index in [9.17, 15) is 13.6 Å². The quantitative estimate of drug-likeness (QED) is 0.788. The lowest BCUT2D eigenvalue weighted by molar-refractivity contribution is 0.0690. The average molecular weight is 237 g/mol. The topological polar surface area (TPSA) is 76.2 Å². The highest BCUT2D eigenvalue weighted by molar-refractivity contribution is 6.17. The van der Waals surface area contributed by atoms with Crippen molar-refractivity contribution in [1.82, 2.24) is 4.98 Å². The molecule has 0 saturated heterocycles. The summed E-state index contributed by atoms with van der Waals surface area (Å²) >= 11 is 5.44. The van der Waals surface area contributed by atoms with E-state index in [2.05, 4.69) is 4.98 Å². The van der Waals surface area contributed by atoms with Crippen molar-refractivity contribution >= 4 is 23.3 Å². The molecule has 0 unspecified atom stereocenters. The van der Waals surface area contributed by atoms with E-state index in [1.807, 2.05) is 0 Å². The maximum absolute atomic E-state index is 12.3. The van der Waals surface area contributed by atoms with Gasteiger partial charge in [0.05, 0.1) is 5.69 Å². The smallest absolute Gasteiger partial charge is 0.356 e. The lowest BCUT2D eigenvalue weighted by atomic mass is 10.1. The van der Waals surface area contributed by atoms with Gasteiger partial charge in [0, 0.05) is 5.88 Å². The fraction of sp³-hybridized carbons (Fsp3) is 0.250. The Kier molecular flexibility index (Phi) is 3.41. The predicted octanol–water partition coefficient (Wildman–Crippen LogP) is 2.04. The van der Waals surface area contributed by atoms with E-state index >= 15 is 0 Å². The van der Waals surface area contributed by atoms with Crippen LogP contribution in [0, 0.1) is 0 Å². The number of nitrogens with two attached hydrogens (primary N) is 1. The highest BCUT2D eigenvalue weighted by Gasteiger charge is 2.19. The highest BCUT2D eigenvalue weighted by Crippen LogP contribution is 2.24. The zero-order valence-corrected chi connectivity index (χ0v) is 8.13. The number of aromatic carboxylic acids is 1. The van der Waals surface area contributed by atoms with Crippen LogP contribution < -0.4 is 5.73 Å². The number of carboxylic acids is 1. The van der Waals surface area contributed by atoms with Gasteiger partial charge in [-0.25, -0.2) is 18.6 Å². The van der Waals surface area contributed by atoms with Crippen LogP contribution in [0.1, 0.15) is 28.2 Å². The molecule has 15 heavy (non-hydrogen) atoms. The first-order chi connectivity index (χ1) is 6.97. The Hall–Kier alpha value is -1.43. The second-order valence-corrected chi connectivity index (χ2v) is 2.98. The van der Waals surface area contributed by atoms with E-state index < -0.39 is 23.8 Å². The Morgan fingerprint density at radius 2 is 2.27 bits per heavy atom. The first-order valence-corrected chi connectivity index (χ1v) is 4.37. The van der Waals surface area contributed by atoms with Gasteiger partial charge in [0.25, 0.3) is 6.43 Å². The third kappa shape index (κ3) is 2.33. The highest BCUT2D eigenvalue weighted by atomic mass is 35.5. The number of pyridine rings is 1. The molecule has 1 rings (SSSR count). The van der Waals surface area contributed by atoms with Crippen molar-refractivity contribution in [2.75, 3.05) is 5.73 Å². The number of halogens is 3. The molecule has 4 nitrogen and oxygen atoms in total. The van der Waals surface area contributed by atoms with Crippen molar-refractivity contribution in [1.29, 1.82) is 0 Å². The number of carboxylic acid groups (broad SMARTS) is 1. The van der Waals surface area contributed by atoms with E-state index in [0.717, 1.165) is 6.07 Å². The van der Waals surface area contributed by atoms with Gasteiger partial charge in [-0.15, -0.1) is 11.6 Å². The molecule has 0 aliphatic rings. The lowest BCUT2D eigenvalue weighted by Gasteiger charge is -2.08. The summed E-state index contributed by atoms with van der Waals surface area (Å²) in [5.74, 6) is -1.60. The summed E-state index contributed by atoms with van der Waals surface area (Å²) < 4.78 is 24.6. The normalized spacial score (nSPS) is 10.7. The first-order valence-electron chi connectivity index (χ1n) is 3.84.